The minimum atomic E-state index is -0.781. The molecule has 0 radical (unpaired) electrons. The number of aromatic nitrogens is 1. The Bertz CT molecular complexity index is 1300. The highest BCUT2D eigenvalue weighted by Gasteiger charge is 2.50. The lowest BCUT2D eigenvalue weighted by molar-refractivity contribution is -0.127. The monoisotopic (exact) mass is 523 g/mol. The molecule has 6 rings (SSSR count). The lowest BCUT2D eigenvalue weighted by Gasteiger charge is -2.28. The number of hydrogen-bond donors (Lipinski definition) is 3. The summed E-state index contributed by atoms with van der Waals surface area (Å²) in [6, 6.07) is 6.04. The van der Waals surface area contributed by atoms with E-state index in [0.717, 1.165) is 37.5 Å². The molecule has 0 unspecified atom stereocenters. The summed E-state index contributed by atoms with van der Waals surface area (Å²) in [5.41, 5.74) is 1.10. The lowest BCUT2D eigenvalue weighted by Crippen LogP contribution is -2.51. The van der Waals surface area contributed by atoms with E-state index in [1.54, 1.807) is 23.1 Å². The van der Waals surface area contributed by atoms with Gasteiger partial charge in [0.2, 0.25) is 11.8 Å². The van der Waals surface area contributed by atoms with Gasteiger partial charge in [-0.25, -0.2) is 0 Å². The number of amides is 3. The zero-order valence-corrected chi connectivity index (χ0v) is 21.2. The molecule has 194 valence electrons. The predicted octanol–water partition coefficient (Wildman–Crippen LogP) is 3.14. The number of aromatic amines is 1. The van der Waals surface area contributed by atoms with Gasteiger partial charge in [-0.3, -0.25) is 14.4 Å². The van der Waals surface area contributed by atoms with Crippen LogP contribution in [0.3, 0.4) is 0 Å². The molecule has 1 aromatic carbocycles. The maximum absolute atomic E-state index is 13.8. The highest BCUT2D eigenvalue weighted by atomic mass is 35.5. The predicted molar refractivity (Wildman–Crippen MR) is 136 cm³/mol. The number of H-pyrrole nitrogens is 1. The summed E-state index contributed by atoms with van der Waals surface area (Å²) in [6.45, 7) is 1.10. The van der Waals surface area contributed by atoms with E-state index in [0.29, 0.717) is 41.5 Å². The number of fused-ring (bicyclic) bond motifs is 2. The quantitative estimate of drug-likeness (QED) is 0.513. The number of likely N-dealkylation sites (tertiary alicyclic amines) is 1. The SMILES string of the molecule is N#C[C@H](C[C@@H]1CCNC1=O)NC(=O)[C@@H]1[C@H]2CCC[C@H]2CN1C(=O)c1cc2c(OC3CC3)cc(Cl)cc2[nH]1. The Labute approximate surface area is 219 Å². The third kappa shape index (κ3) is 4.63. The van der Waals surface area contributed by atoms with Crippen molar-refractivity contribution in [3.05, 3.63) is 28.9 Å². The van der Waals surface area contributed by atoms with Crippen molar-refractivity contribution in [2.45, 2.75) is 63.1 Å². The van der Waals surface area contributed by atoms with Crippen LogP contribution in [0.25, 0.3) is 10.9 Å². The van der Waals surface area contributed by atoms with Crippen molar-refractivity contribution in [1.29, 1.82) is 5.26 Å². The van der Waals surface area contributed by atoms with Crippen LogP contribution in [0, 0.1) is 29.1 Å². The van der Waals surface area contributed by atoms with Gasteiger partial charge in [-0.15, -0.1) is 0 Å². The van der Waals surface area contributed by atoms with Gasteiger partial charge in [0.1, 0.15) is 23.5 Å². The van der Waals surface area contributed by atoms with Crippen LogP contribution in [-0.2, 0) is 9.59 Å². The molecule has 0 spiro atoms. The molecule has 2 aliphatic heterocycles. The van der Waals surface area contributed by atoms with Crippen molar-refractivity contribution in [3.63, 3.8) is 0 Å². The number of benzene rings is 1. The fraction of sp³-hybridized carbons (Fsp3) is 0.556. The third-order valence-corrected chi connectivity index (χ3v) is 8.51. The standard InChI is InChI=1S/C27H30ClN5O4/c28-16-9-21-20(23(10-16)37-18-4-5-18)11-22(32-21)27(36)33-13-15-2-1-3-19(15)24(33)26(35)31-17(12-29)8-14-6-7-30-25(14)34/h9-11,14-15,17-19,24,32H,1-8,13H2,(H,30,34)(H,31,35)/t14-,15-,17-,19-,24-/m0/s1. The van der Waals surface area contributed by atoms with Crippen molar-refractivity contribution < 1.29 is 19.1 Å². The minimum Gasteiger partial charge on any atom is -0.490 e. The van der Waals surface area contributed by atoms with Crippen molar-refractivity contribution in [2.75, 3.05) is 13.1 Å². The fourth-order valence-corrected chi connectivity index (χ4v) is 6.52. The van der Waals surface area contributed by atoms with E-state index in [1.807, 2.05) is 0 Å². The molecule has 4 aliphatic rings. The van der Waals surface area contributed by atoms with Crippen LogP contribution < -0.4 is 15.4 Å². The number of halogens is 1. The first-order chi connectivity index (χ1) is 17.9. The van der Waals surface area contributed by atoms with Crippen LogP contribution >= 0.6 is 11.6 Å². The molecule has 0 bridgehead atoms. The number of nitriles is 1. The number of rotatable bonds is 7. The number of carbonyl (C=O) groups excluding carboxylic acids is 3. The highest BCUT2D eigenvalue weighted by Crippen LogP contribution is 2.43. The smallest absolute Gasteiger partial charge is 0.271 e. The Balaban J connectivity index is 1.24. The molecule has 4 fully saturated rings. The van der Waals surface area contributed by atoms with E-state index < -0.39 is 12.1 Å². The maximum atomic E-state index is 13.8. The van der Waals surface area contributed by atoms with Gasteiger partial charge in [-0.2, -0.15) is 5.26 Å². The minimum absolute atomic E-state index is 0.0608. The second kappa shape index (κ2) is 9.56. The lowest BCUT2D eigenvalue weighted by atomic mass is 9.92. The highest BCUT2D eigenvalue weighted by molar-refractivity contribution is 6.31. The summed E-state index contributed by atoms with van der Waals surface area (Å²) in [7, 11) is 0. The van der Waals surface area contributed by atoms with Crippen molar-refractivity contribution in [2.24, 2.45) is 17.8 Å². The number of nitrogens with one attached hydrogen (secondary N) is 3. The molecule has 3 amide bonds. The average Bonchev–Trinajstić information content (AvgIpc) is 3.22. The first-order valence-electron chi connectivity index (χ1n) is 13.2. The first-order valence-corrected chi connectivity index (χ1v) is 13.6. The van der Waals surface area contributed by atoms with Gasteiger partial charge in [-0.1, -0.05) is 18.0 Å². The van der Waals surface area contributed by atoms with Crippen LogP contribution in [0.2, 0.25) is 5.02 Å². The van der Waals surface area contributed by atoms with Crippen molar-refractivity contribution in [1.82, 2.24) is 20.5 Å². The number of carbonyl (C=O) groups is 3. The molecule has 9 nitrogen and oxygen atoms in total. The molecule has 3 N–H and O–H groups in total. The third-order valence-electron chi connectivity index (χ3n) is 8.29. The molecule has 5 atom stereocenters. The van der Waals surface area contributed by atoms with Crippen LogP contribution in [0.15, 0.2) is 18.2 Å². The molecule has 10 heteroatoms. The van der Waals surface area contributed by atoms with Crippen molar-refractivity contribution in [3.8, 4) is 11.8 Å². The summed E-state index contributed by atoms with van der Waals surface area (Å²) >= 11 is 6.31. The first kappa shape index (κ1) is 24.1. The van der Waals surface area contributed by atoms with Crippen molar-refractivity contribution >= 4 is 40.2 Å². The van der Waals surface area contributed by atoms with E-state index in [2.05, 4.69) is 21.7 Å². The second-order valence-corrected chi connectivity index (χ2v) is 11.3. The summed E-state index contributed by atoms with van der Waals surface area (Å²) in [6.07, 6.45) is 6.00. The van der Waals surface area contributed by atoms with E-state index in [1.165, 1.54) is 0 Å². The molecular formula is C27H30ClN5O4. The normalized spacial score (nSPS) is 27.6. The van der Waals surface area contributed by atoms with E-state index in [-0.39, 0.29) is 48.0 Å². The second-order valence-electron chi connectivity index (χ2n) is 10.8. The van der Waals surface area contributed by atoms with Crippen LogP contribution in [-0.4, -0.2) is 58.9 Å². The summed E-state index contributed by atoms with van der Waals surface area (Å²) in [5, 5.41) is 16.6. The van der Waals surface area contributed by atoms with Gasteiger partial charge >= 0.3 is 0 Å². The Morgan fingerprint density at radius 3 is 2.78 bits per heavy atom. The van der Waals surface area contributed by atoms with Gasteiger partial charge in [0, 0.05) is 29.4 Å². The zero-order valence-electron chi connectivity index (χ0n) is 20.5. The number of ether oxygens (including phenoxy) is 1. The Morgan fingerprint density at radius 1 is 1.22 bits per heavy atom. The van der Waals surface area contributed by atoms with E-state index in [4.69, 9.17) is 16.3 Å². The molecular weight excluding hydrogens is 494 g/mol. The maximum Gasteiger partial charge on any atom is 0.271 e. The molecule has 2 aliphatic carbocycles. The molecule has 2 saturated heterocycles. The van der Waals surface area contributed by atoms with Gasteiger partial charge in [0.15, 0.2) is 0 Å². The summed E-state index contributed by atoms with van der Waals surface area (Å²) in [5.74, 6) is 0.0509. The van der Waals surface area contributed by atoms with Gasteiger partial charge < -0.3 is 25.3 Å². The van der Waals surface area contributed by atoms with E-state index in [9.17, 15) is 19.6 Å². The van der Waals surface area contributed by atoms with Gasteiger partial charge in [-0.05, 0) is 68.6 Å². The molecule has 1 aromatic heterocycles. The number of nitrogens with zero attached hydrogens (tertiary/aromatic N) is 2. The van der Waals surface area contributed by atoms with Crippen LogP contribution in [0.1, 0.15) is 55.4 Å². The molecule has 3 heterocycles. The molecule has 37 heavy (non-hydrogen) atoms. The molecule has 2 saturated carbocycles. The Hall–Kier alpha value is -3.25. The largest absolute Gasteiger partial charge is 0.490 e. The van der Waals surface area contributed by atoms with E-state index >= 15 is 0 Å². The number of hydrogen-bond acceptors (Lipinski definition) is 5. The van der Waals surface area contributed by atoms with Gasteiger partial charge in [0.05, 0.1) is 17.7 Å². The zero-order chi connectivity index (χ0) is 25.7. The molecule has 2 aromatic rings. The fourth-order valence-electron chi connectivity index (χ4n) is 6.31. The topological polar surface area (TPSA) is 127 Å². The van der Waals surface area contributed by atoms with Crippen LogP contribution in [0.4, 0.5) is 0 Å². The Kier molecular flexibility index (Phi) is 6.23. The summed E-state index contributed by atoms with van der Waals surface area (Å²) < 4.78 is 6.02. The van der Waals surface area contributed by atoms with Crippen LogP contribution in [0.5, 0.6) is 5.75 Å². The average molecular weight is 524 g/mol. The van der Waals surface area contributed by atoms with Gasteiger partial charge in [0.25, 0.3) is 5.91 Å². The Morgan fingerprint density at radius 2 is 2.05 bits per heavy atom. The summed E-state index contributed by atoms with van der Waals surface area (Å²) in [4.78, 5) is 44.2.